The van der Waals surface area contributed by atoms with Gasteiger partial charge in [-0.3, -0.25) is 29.4 Å². The summed E-state index contributed by atoms with van der Waals surface area (Å²) >= 11 is 0. The average molecular weight is 420 g/mol. The molecule has 4 rings (SSSR count). The van der Waals surface area contributed by atoms with Gasteiger partial charge < -0.3 is 10.6 Å². The monoisotopic (exact) mass is 420 g/mol. The number of halogens is 2. The van der Waals surface area contributed by atoms with Crippen molar-refractivity contribution in [3.05, 3.63) is 34.9 Å². The van der Waals surface area contributed by atoms with Crippen LogP contribution in [0.5, 0.6) is 0 Å². The molecule has 3 heterocycles. The van der Waals surface area contributed by atoms with E-state index in [1.165, 1.54) is 6.07 Å². The highest BCUT2D eigenvalue weighted by Crippen LogP contribution is 2.30. The summed E-state index contributed by atoms with van der Waals surface area (Å²) in [4.78, 5) is 49.8. The maximum absolute atomic E-state index is 13.9. The summed E-state index contributed by atoms with van der Waals surface area (Å²) in [5.74, 6) is -5.78. The molecule has 1 aromatic carbocycles. The Morgan fingerprint density at radius 2 is 1.87 bits per heavy atom. The van der Waals surface area contributed by atoms with Gasteiger partial charge in [0, 0.05) is 25.4 Å². The molecule has 30 heavy (non-hydrogen) atoms. The zero-order valence-corrected chi connectivity index (χ0v) is 16.2. The number of carbonyl (C=O) groups excluding carboxylic acids is 4. The van der Waals surface area contributed by atoms with E-state index < -0.39 is 41.5 Å². The largest absolute Gasteiger partial charge is 0.312 e. The highest BCUT2D eigenvalue weighted by Gasteiger charge is 2.44. The van der Waals surface area contributed by atoms with Crippen LogP contribution in [-0.4, -0.2) is 60.1 Å². The first-order valence-corrected chi connectivity index (χ1v) is 9.91. The van der Waals surface area contributed by atoms with Crippen molar-refractivity contribution < 1.29 is 28.0 Å². The van der Waals surface area contributed by atoms with E-state index in [4.69, 9.17) is 0 Å². The van der Waals surface area contributed by atoms with Gasteiger partial charge in [0.15, 0.2) is 0 Å². The molecule has 0 aliphatic carbocycles. The fraction of sp³-hybridized carbons (Fsp3) is 0.500. The van der Waals surface area contributed by atoms with Gasteiger partial charge >= 0.3 is 0 Å². The molecule has 8 nitrogen and oxygen atoms in total. The summed E-state index contributed by atoms with van der Waals surface area (Å²) in [6.45, 7) is 0.632. The number of rotatable bonds is 5. The smallest absolute Gasteiger partial charge is 0.264 e. The third-order valence-electron chi connectivity index (χ3n) is 5.85. The third-order valence-corrected chi connectivity index (χ3v) is 5.85. The second-order valence-corrected chi connectivity index (χ2v) is 7.88. The molecule has 0 bridgehead atoms. The van der Waals surface area contributed by atoms with Gasteiger partial charge in [0.25, 0.3) is 17.7 Å². The van der Waals surface area contributed by atoms with Crippen molar-refractivity contribution >= 4 is 23.6 Å². The molecule has 2 atom stereocenters. The van der Waals surface area contributed by atoms with Gasteiger partial charge in [0.2, 0.25) is 11.8 Å². The molecular weight excluding hydrogens is 398 g/mol. The molecule has 3 aliphatic rings. The van der Waals surface area contributed by atoms with Crippen molar-refractivity contribution in [1.82, 2.24) is 20.9 Å². The van der Waals surface area contributed by atoms with Gasteiger partial charge in [0.05, 0.1) is 17.7 Å². The summed E-state index contributed by atoms with van der Waals surface area (Å²) in [5, 5.41) is 7.85. The topological polar surface area (TPSA) is 108 Å². The van der Waals surface area contributed by atoms with Crippen molar-refractivity contribution in [2.24, 2.45) is 5.92 Å². The maximum atomic E-state index is 13.9. The number of amides is 4. The minimum absolute atomic E-state index is 0.0559. The number of carbonyl (C=O) groups is 4. The summed E-state index contributed by atoms with van der Waals surface area (Å²) in [6.07, 6.45) is 0.521. The van der Waals surface area contributed by atoms with Gasteiger partial charge in [-0.25, -0.2) is 8.78 Å². The van der Waals surface area contributed by atoms with Crippen LogP contribution in [0.3, 0.4) is 0 Å². The first-order chi connectivity index (χ1) is 14.3. The Hall–Kier alpha value is -2.72. The van der Waals surface area contributed by atoms with E-state index in [0.717, 1.165) is 4.90 Å². The zero-order chi connectivity index (χ0) is 21.5. The van der Waals surface area contributed by atoms with Crippen molar-refractivity contribution in [3.63, 3.8) is 0 Å². The Morgan fingerprint density at radius 3 is 2.60 bits per heavy atom. The van der Waals surface area contributed by atoms with E-state index in [1.807, 2.05) is 0 Å². The second kappa shape index (κ2) is 7.84. The Kier molecular flexibility index (Phi) is 5.37. The standard InChI is InChI=1S/C20H22F2N4O4/c21-20(22)10-23-6-5-12(20)9-24-8-11-1-2-13-14(7-11)19(30)26(18(13)29)15-3-4-16(27)25-17(15)28/h1-2,7,12,15,23-24H,3-6,8-10H2,(H,25,27,28). The summed E-state index contributed by atoms with van der Waals surface area (Å²) in [6, 6.07) is 3.71. The molecule has 0 spiro atoms. The quantitative estimate of drug-likeness (QED) is 0.596. The van der Waals surface area contributed by atoms with Gasteiger partial charge in [0.1, 0.15) is 6.04 Å². The molecule has 2 unspecified atom stereocenters. The lowest BCUT2D eigenvalue weighted by molar-refractivity contribution is -0.136. The van der Waals surface area contributed by atoms with Crippen LogP contribution in [0.25, 0.3) is 0 Å². The van der Waals surface area contributed by atoms with Crippen LogP contribution in [0.15, 0.2) is 18.2 Å². The summed E-state index contributed by atoms with van der Waals surface area (Å²) in [5.41, 5.74) is 1.05. The molecule has 3 N–H and O–H groups in total. The number of piperidine rings is 2. The van der Waals surface area contributed by atoms with Crippen molar-refractivity contribution in [2.45, 2.75) is 37.8 Å². The van der Waals surface area contributed by atoms with Crippen LogP contribution >= 0.6 is 0 Å². The van der Waals surface area contributed by atoms with Crippen LogP contribution in [0.4, 0.5) is 8.78 Å². The molecule has 0 aromatic heterocycles. The first kappa shape index (κ1) is 20.5. The maximum Gasteiger partial charge on any atom is 0.264 e. The minimum atomic E-state index is -2.77. The molecule has 2 saturated heterocycles. The Bertz CT molecular complexity index is 920. The molecule has 0 radical (unpaired) electrons. The van der Waals surface area contributed by atoms with E-state index in [-0.39, 0.29) is 43.6 Å². The first-order valence-electron chi connectivity index (χ1n) is 9.91. The third kappa shape index (κ3) is 3.72. The van der Waals surface area contributed by atoms with Crippen LogP contribution < -0.4 is 16.0 Å². The molecule has 1 aromatic rings. The summed E-state index contributed by atoms with van der Waals surface area (Å²) in [7, 11) is 0. The molecular formula is C20H22F2N4O4. The second-order valence-electron chi connectivity index (χ2n) is 7.88. The number of nitrogens with zero attached hydrogens (tertiary/aromatic N) is 1. The van der Waals surface area contributed by atoms with Gasteiger partial charge in [-0.15, -0.1) is 0 Å². The zero-order valence-electron chi connectivity index (χ0n) is 16.2. The van der Waals surface area contributed by atoms with E-state index in [9.17, 15) is 28.0 Å². The lowest BCUT2D eigenvalue weighted by Gasteiger charge is -2.32. The normalized spacial score (nSPS) is 26.0. The lowest BCUT2D eigenvalue weighted by atomic mass is 9.94. The van der Waals surface area contributed by atoms with E-state index in [1.54, 1.807) is 12.1 Å². The Labute approximate surface area is 171 Å². The Morgan fingerprint density at radius 1 is 1.10 bits per heavy atom. The predicted molar refractivity (Wildman–Crippen MR) is 101 cm³/mol. The van der Waals surface area contributed by atoms with Crippen LogP contribution in [-0.2, 0) is 16.1 Å². The lowest BCUT2D eigenvalue weighted by Crippen LogP contribution is -2.54. The van der Waals surface area contributed by atoms with Gasteiger partial charge in [-0.2, -0.15) is 0 Å². The van der Waals surface area contributed by atoms with Gasteiger partial charge in [-0.1, -0.05) is 6.07 Å². The minimum Gasteiger partial charge on any atom is -0.312 e. The summed E-state index contributed by atoms with van der Waals surface area (Å²) < 4.78 is 27.8. The highest BCUT2D eigenvalue weighted by molar-refractivity contribution is 6.23. The van der Waals surface area contributed by atoms with Crippen molar-refractivity contribution in [1.29, 1.82) is 0 Å². The number of hydrogen-bond donors (Lipinski definition) is 3. The van der Waals surface area contributed by atoms with E-state index in [2.05, 4.69) is 16.0 Å². The molecule has 2 fully saturated rings. The average Bonchev–Trinajstić information content (AvgIpc) is 2.94. The molecule has 3 aliphatic heterocycles. The number of fused-ring (bicyclic) bond motifs is 1. The van der Waals surface area contributed by atoms with Crippen molar-refractivity contribution in [3.8, 4) is 0 Å². The van der Waals surface area contributed by atoms with Crippen LogP contribution in [0, 0.1) is 5.92 Å². The molecule has 160 valence electrons. The molecule has 10 heteroatoms. The number of nitrogens with one attached hydrogen (secondary N) is 3. The predicted octanol–water partition coefficient (Wildman–Crippen LogP) is 0.422. The fourth-order valence-corrected chi connectivity index (χ4v) is 4.16. The fourth-order valence-electron chi connectivity index (χ4n) is 4.16. The van der Waals surface area contributed by atoms with Crippen molar-refractivity contribution in [2.75, 3.05) is 19.6 Å². The Balaban J connectivity index is 1.43. The van der Waals surface area contributed by atoms with Crippen LogP contribution in [0.1, 0.15) is 45.5 Å². The molecule has 0 saturated carbocycles. The van der Waals surface area contributed by atoms with Crippen LogP contribution in [0.2, 0.25) is 0 Å². The number of imide groups is 2. The number of benzene rings is 1. The van der Waals surface area contributed by atoms with E-state index >= 15 is 0 Å². The van der Waals surface area contributed by atoms with E-state index in [0.29, 0.717) is 18.5 Å². The van der Waals surface area contributed by atoms with Gasteiger partial charge in [-0.05, 0) is 37.1 Å². The SMILES string of the molecule is O=C1CCC(N2C(=O)c3ccc(CNCC4CCNCC4(F)F)cc3C2=O)C(=O)N1. The molecule has 4 amide bonds. The number of hydrogen-bond acceptors (Lipinski definition) is 6. The number of alkyl halides is 2. The highest BCUT2D eigenvalue weighted by atomic mass is 19.3.